The summed E-state index contributed by atoms with van der Waals surface area (Å²) in [7, 11) is 0. The molecule has 1 heterocycles. The fraction of sp³-hybridized carbons (Fsp3) is 0.167. The summed E-state index contributed by atoms with van der Waals surface area (Å²) >= 11 is 5.58. The molecule has 0 aliphatic heterocycles. The van der Waals surface area contributed by atoms with Crippen LogP contribution in [0.5, 0.6) is 0 Å². The van der Waals surface area contributed by atoms with Crippen LogP contribution in [0.25, 0.3) is 0 Å². The number of hydrogen-bond acceptors (Lipinski definition) is 4. The Morgan fingerprint density at radius 3 is 2.92 bits per heavy atom. The predicted molar refractivity (Wildman–Crippen MR) is 43.4 cm³/mol. The number of carbonyl (C=O) groups is 1. The summed E-state index contributed by atoms with van der Waals surface area (Å²) < 4.78 is 0. The third kappa shape index (κ3) is 1.69. The minimum Gasteiger partial charge on any atom is -0.290 e. The van der Waals surface area contributed by atoms with E-state index in [1.165, 1.54) is 6.07 Å². The second-order valence-corrected chi connectivity index (χ2v) is 2.52. The lowest BCUT2D eigenvalue weighted by Gasteiger charge is -2.00. The van der Waals surface area contributed by atoms with Crippen molar-refractivity contribution in [1.82, 2.24) is 15.6 Å². The van der Waals surface area contributed by atoms with Gasteiger partial charge in [0.15, 0.2) is 5.15 Å². The molecule has 0 unspecified atom stereocenters. The molecular formula is C6H7ClN4O. The minimum atomic E-state index is -0.474. The van der Waals surface area contributed by atoms with Crippen LogP contribution in [0.3, 0.4) is 0 Å². The van der Waals surface area contributed by atoms with E-state index >= 15 is 0 Å². The molecule has 12 heavy (non-hydrogen) atoms. The first-order valence-electron chi connectivity index (χ1n) is 3.16. The van der Waals surface area contributed by atoms with Gasteiger partial charge in [-0.05, 0) is 13.0 Å². The number of carbonyl (C=O) groups excluding carboxylic acids is 1. The molecule has 0 bridgehead atoms. The maximum atomic E-state index is 11.0. The Morgan fingerprint density at radius 1 is 1.67 bits per heavy atom. The quantitative estimate of drug-likeness (QED) is 0.369. The summed E-state index contributed by atoms with van der Waals surface area (Å²) in [5.74, 6) is 4.44. The van der Waals surface area contributed by atoms with Gasteiger partial charge < -0.3 is 0 Å². The second-order valence-electron chi connectivity index (χ2n) is 2.16. The molecule has 0 fully saturated rings. The van der Waals surface area contributed by atoms with Gasteiger partial charge in [-0.15, -0.1) is 5.10 Å². The molecular weight excluding hydrogens is 180 g/mol. The number of aromatic nitrogens is 2. The van der Waals surface area contributed by atoms with Crippen LogP contribution in [0.4, 0.5) is 0 Å². The van der Waals surface area contributed by atoms with Gasteiger partial charge in [-0.2, -0.15) is 5.10 Å². The number of hydrogen-bond donors (Lipinski definition) is 2. The molecule has 0 aliphatic rings. The van der Waals surface area contributed by atoms with Crippen molar-refractivity contribution in [2.45, 2.75) is 6.92 Å². The van der Waals surface area contributed by atoms with Gasteiger partial charge in [0.05, 0.1) is 11.3 Å². The van der Waals surface area contributed by atoms with Crippen molar-refractivity contribution >= 4 is 17.5 Å². The number of hydrazine groups is 1. The minimum absolute atomic E-state index is 0.0450. The normalized spacial score (nSPS) is 9.58. The number of nitrogens with two attached hydrogens (primary N) is 1. The van der Waals surface area contributed by atoms with Crippen LogP contribution in [0.1, 0.15) is 16.1 Å². The van der Waals surface area contributed by atoms with Crippen LogP contribution >= 0.6 is 11.6 Å². The zero-order chi connectivity index (χ0) is 9.14. The molecule has 0 aromatic carbocycles. The molecule has 5 nitrogen and oxygen atoms in total. The van der Waals surface area contributed by atoms with Crippen LogP contribution in [0.15, 0.2) is 6.07 Å². The maximum absolute atomic E-state index is 11.0. The Kier molecular flexibility index (Phi) is 2.57. The Labute approximate surface area is 73.9 Å². The first-order valence-corrected chi connectivity index (χ1v) is 3.53. The lowest BCUT2D eigenvalue weighted by Crippen LogP contribution is -2.30. The summed E-state index contributed by atoms with van der Waals surface area (Å²) in [5, 5.41) is 7.24. The summed E-state index contributed by atoms with van der Waals surface area (Å²) in [6, 6.07) is 1.51. The monoisotopic (exact) mass is 186 g/mol. The van der Waals surface area contributed by atoms with E-state index in [2.05, 4.69) is 10.2 Å². The van der Waals surface area contributed by atoms with Crippen molar-refractivity contribution in [3.63, 3.8) is 0 Å². The molecule has 0 atom stereocenters. The molecule has 1 aromatic rings. The highest BCUT2D eigenvalue weighted by atomic mass is 35.5. The van der Waals surface area contributed by atoms with Gasteiger partial charge in [0.25, 0.3) is 5.91 Å². The van der Waals surface area contributed by atoms with E-state index in [-0.39, 0.29) is 10.7 Å². The molecule has 64 valence electrons. The van der Waals surface area contributed by atoms with Crippen LogP contribution in [-0.4, -0.2) is 16.1 Å². The van der Waals surface area contributed by atoms with Gasteiger partial charge in [-0.25, -0.2) is 5.84 Å². The predicted octanol–water partition coefficient (Wildman–Crippen LogP) is 0.0419. The van der Waals surface area contributed by atoms with E-state index in [0.29, 0.717) is 5.69 Å². The first-order chi connectivity index (χ1) is 5.65. The first kappa shape index (κ1) is 8.89. The molecule has 1 rings (SSSR count). The summed E-state index contributed by atoms with van der Waals surface area (Å²) in [6.45, 7) is 1.70. The fourth-order valence-corrected chi connectivity index (χ4v) is 0.889. The highest BCUT2D eigenvalue weighted by Gasteiger charge is 2.10. The van der Waals surface area contributed by atoms with Crippen LogP contribution in [-0.2, 0) is 0 Å². The molecule has 1 aromatic heterocycles. The van der Waals surface area contributed by atoms with Gasteiger partial charge in [0.1, 0.15) is 0 Å². The number of halogens is 1. The van der Waals surface area contributed by atoms with Crippen molar-refractivity contribution in [1.29, 1.82) is 0 Å². The van der Waals surface area contributed by atoms with Crippen molar-refractivity contribution in [3.8, 4) is 0 Å². The highest BCUT2D eigenvalue weighted by molar-refractivity contribution is 6.32. The third-order valence-corrected chi connectivity index (χ3v) is 1.53. The van der Waals surface area contributed by atoms with Crippen LogP contribution < -0.4 is 11.3 Å². The van der Waals surface area contributed by atoms with Crippen molar-refractivity contribution < 1.29 is 4.79 Å². The number of amides is 1. The highest BCUT2D eigenvalue weighted by Crippen LogP contribution is 2.11. The van der Waals surface area contributed by atoms with E-state index < -0.39 is 5.91 Å². The molecule has 1 amide bonds. The zero-order valence-electron chi connectivity index (χ0n) is 6.34. The van der Waals surface area contributed by atoms with Crippen LogP contribution in [0.2, 0.25) is 5.15 Å². The number of nitrogens with zero attached hydrogens (tertiary/aromatic N) is 2. The summed E-state index contributed by atoms with van der Waals surface area (Å²) in [4.78, 5) is 11.0. The molecule has 0 spiro atoms. The standard InChI is InChI=1S/C6H7ClN4O/c1-3-2-4(6(12)9-8)5(7)11-10-3/h2H,8H2,1H3,(H,9,12). The number of nitrogen functional groups attached to an aromatic ring is 1. The van der Waals surface area contributed by atoms with Gasteiger partial charge in [0, 0.05) is 0 Å². The molecule has 0 aliphatic carbocycles. The van der Waals surface area contributed by atoms with E-state index in [9.17, 15) is 4.79 Å². The van der Waals surface area contributed by atoms with E-state index in [4.69, 9.17) is 17.4 Å². The molecule has 0 saturated carbocycles. The fourth-order valence-electron chi connectivity index (χ4n) is 0.711. The Balaban J connectivity index is 3.13. The molecule has 0 saturated heterocycles. The van der Waals surface area contributed by atoms with Gasteiger partial charge in [-0.3, -0.25) is 10.2 Å². The van der Waals surface area contributed by atoms with Crippen molar-refractivity contribution in [2.24, 2.45) is 5.84 Å². The Bertz CT molecular complexity index is 314. The van der Waals surface area contributed by atoms with Gasteiger partial charge in [0.2, 0.25) is 0 Å². The lowest BCUT2D eigenvalue weighted by atomic mass is 10.2. The maximum Gasteiger partial charge on any atom is 0.268 e. The Morgan fingerprint density at radius 2 is 2.33 bits per heavy atom. The van der Waals surface area contributed by atoms with E-state index in [1.54, 1.807) is 6.92 Å². The smallest absolute Gasteiger partial charge is 0.268 e. The topological polar surface area (TPSA) is 80.9 Å². The van der Waals surface area contributed by atoms with Crippen molar-refractivity contribution in [2.75, 3.05) is 0 Å². The Hall–Kier alpha value is -1.20. The van der Waals surface area contributed by atoms with Gasteiger partial charge in [-0.1, -0.05) is 11.6 Å². The number of nitrogens with one attached hydrogen (secondary N) is 1. The molecule has 6 heteroatoms. The van der Waals surface area contributed by atoms with Crippen LogP contribution in [0, 0.1) is 6.92 Å². The lowest BCUT2D eigenvalue weighted by molar-refractivity contribution is 0.0953. The second kappa shape index (κ2) is 3.46. The van der Waals surface area contributed by atoms with Gasteiger partial charge >= 0.3 is 0 Å². The van der Waals surface area contributed by atoms with Crippen molar-refractivity contribution in [3.05, 3.63) is 22.5 Å². The third-order valence-electron chi connectivity index (χ3n) is 1.25. The zero-order valence-corrected chi connectivity index (χ0v) is 7.09. The molecule has 0 radical (unpaired) electrons. The number of rotatable bonds is 1. The van der Waals surface area contributed by atoms with E-state index in [0.717, 1.165) is 0 Å². The summed E-state index contributed by atoms with van der Waals surface area (Å²) in [6.07, 6.45) is 0. The van der Waals surface area contributed by atoms with E-state index in [1.807, 2.05) is 5.43 Å². The largest absolute Gasteiger partial charge is 0.290 e. The number of aryl methyl sites for hydroxylation is 1. The average Bonchev–Trinajstić information content (AvgIpc) is 2.08. The SMILES string of the molecule is Cc1cc(C(=O)NN)c(Cl)nn1. The average molecular weight is 187 g/mol. The summed E-state index contributed by atoms with van der Waals surface area (Å²) in [5.41, 5.74) is 2.80. The molecule has 3 N–H and O–H groups in total.